The van der Waals surface area contributed by atoms with Crippen molar-refractivity contribution in [3.05, 3.63) is 23.3 Å². The number of hydrogen-bond donors (Lipinski definition) is 0. The molecule has 0 aromatic carbocycles. The van der Waals surface area contributed by atoms with Gasteiger partial charge in [0.25, 0.3) is 0 Å². The van der Waals surface area contributed by atoms with Gasteiger partial charge in [-0.15, -0.1) is 0 Å². The van der Waals surface area contributed by atoms with E-state index >= 15 is 0 Å². The molecule has 1 fully saturated rings. The first-order valence-electron chi connectivity index (χ1n) is 8.24. The molecule has 0 radical (unpaired) electrons. The molecule has 22 heavy (non-hydrogen) atoms. The van der Waals surface area contributed by atoms with Crippen LogP contribution in [0.2, 0.25) is 0 Å². The van der Waals surface area contributed by atoms with Crippen LogP contribution in [0.4, 0.5) is 0 Å². The second kappa shape index (κ2) is 6.67. The highest BCUT2D eigenvalue weighted by Gasteiger charge is 2.27. The van der Waals surface area contributed by atoms with Crippen LogP contribution in [-0.4, -0.2) is 47.8 Å². The number of piperazine rings is 1. The Morgan fingerprint density at radius 2 is 1.68 bits per heavy atom. The molecule has 0 bridgehead atoms. The highest BCUT2D eigenvalue weighted by Crippen LogP contribution is 2.40. The third-order valence-corrected chi connectivity index (χ3v) is 4.97. The van der Waals surface area contributed by atoms with Gasteiger partial charge in [0, 0.05) is 39.2 Å². The fraction of sp³-hybridized carbons (Fsp3) is 0.667. The van der Waals surface area contributed by atoms with E-state index in [4.69, 9.17) is 0 Å². The lowest BCUT2D eigenvalue weighted by Crippen LogP contribution is -2.49. The molecule has 1 saturated heterocycles. The number of rotatable bonds is 2. The van der Waals surface area contributed by atoms with Gasteiger partial charge in [0.05, 0.1) is 0 Å². The fourth-order valence-corrected chi connectivity index (χ4v) is 3.51. The van der Waals surface area contributed by atoms with Crippen LogP contribution in [0, 0.1) is 5.41 Å². The Kier molecular flexibility index (Phi) is 5.09. The first kappa shape index (κ1) is 16.8. The van der Waals surface area contributed by atoms with E-state index in [1.165, 1.54) is 24.0 Å². The molecular formula is C18H28N2O2. The quantitative estimate of drug-likeness (QED) is 0.736. The SMILES string of the molecule is CC(=O)N1CCN(C(=O)C=CC2=C(C)CCCC2(C)C)CC1. The van der Waals surface area contributed by atoms with Gasteiger partial charge in [-0.2, -0.15) is 0 Å². The third-order valence-electron chi connectivity index (χ3n) is 4.97. The fourth-order valence-electron chi connectivity index (χ4n) is 3.51. The third kappa shape index (κ3) is 3.79. The molecule has 0 aromatic rings. The molecular weight excluding hydrogens is 276 g/mol. The van der Waals surface area contributed by atoms with Crippen molar-refractivity contribution >= 4 is 11.8 Å². The zero-order valence-corrected chi connectivity index (χ0v) is 14.3. The lowest BCUT2D eigenvalue weighted by molar-refractivity contribution is -0.135. The molecule has 0 atom stereocenters. The van der Waals surface area contributed by atoms with Gasteiger partial charge < -0.3 is 9.80 Å². The molecule has 122 valence electrons. The van der Waals surface area contributed by atoms with E-state index in [2.05, 4.69) is 20.8 Å². The lowest BCUT2D eigenvalue weighted by Gasteiger charge is -2.34. The summed E-state index contributed by atoms with van der Waals surface area (Å²) in [5, 5.41) is 0. The second-order valence-electron chi connectivity index (χ2n) is 7.10. The van der Waals surface area contributed by atoms with Gasteiger partial charge in [0.2, 0.25) is 11.8 Å². The Hall–Kier alpha value is -1.58. The number of carbonyl (C=O) groups excluding carboxylic acids is 2. The number of nitrogens with zero attached hydrogens (tertiary/aromatic N) is 2. The highest BCUT2D eigenvalue weighted by molar-refractivity contribution is 5.88. The summed E-state index contributed by atoms with van der Waals surface area (Å²) in [6.45, 7) is 10.8. The van der Waals surface area contributed by atoms with E-state index in [1.807, 2.05) is 11.0 Å². The Morgan fingerprint density at radius 1 is 1.09 bits per heavy atom. The second-order valence-corrected chi connectivity index (χ2v) is 7.10. The van der Waals surface area contributed by atoms with Gasteiger partial charge in [0.15, 0.2) is 0 Å². The molecule has 1 aliphatic carbocycles. The Labute approximate surface area is 133 Å². The minimum absolute atomic E-state index is 0.0601. The van der Waals surface area contributed by atoms with E-state index < -0.39 is 0 Å². The summed E-state index contributed by atoms with van der Waals surface area (Å²) < 4.78 is 0. The van der Waals surface area contributed by atoms with Crippen molar-refractivity contribution in [3.63, 3.8) is 0 Å². The van der Waals surface area contributed by atoms with Crippen LogP contribution in [0.3, 0.4) is 0 Å². The first-order valence-corrected chi connectivity index (χ1v) is 8.24. The van der Waals surface area contributed by atoms with E-state index in [-0.39, 0.29) is 17.2 Å². The van der Waals surface area contributed by atoms with Gasteiger partial charge in [-0.05, 0) is 37.2 Å². The van der Waals surface area contributed by atoms with Crippen LogP contribution >= 0.6 is 0 Å². The summed E-state index contributed by atoms with van der Waals surface area (Å²) in [5.74, 6) is 0.150. The molecule has 0 aromatic heterocycles. The molecule has 4 heteroatoms. The molecule has 2 amide bonds. The van der Waals surface area contributed by atoms with Gasteiger partial charge in [0.1, 0.15) is 0 Å². The van der Waals surface area contributed by atoms with E-state index in [9.17, 15) is 9.59 Å². The van der Waals surface area contributed by atoms with Crippen molar-refractivity contribution in [1.82, 2.24) is 9.80 Å². The molecule has 0 spiro atoms. The molecule has 2 rings (SSSR count). The largest absolute Gasteiger partial charge is 0.339 e. The van der Waals surface area contributed by atoms with Gasteiger partial charge in [-0.25, -0.2) is 0 Å². The summed E-state index contributed by atoms with van der Waals surface area (Å²) in [7, 11) is 0. The van der Waals surface area contributed by atoms with Crippen LogP contribution in [0.1, 0.15) is 47.0 Å². The van der Waals surface area contributed by atoms with Gasteiger partial charge >= 0.3 is 0 Å². The molecule has 1 aliphatic heterocycles. The van der Waals surface area contributed by atoms with E-state index in [0.29, 0.717) is 26.2 Å². The van der Waals surface area contributed by atoms with Crippen LogP contribution in [0.25, 0.3) is 0 Å². The van der Waals surface area contributed by atoms with Crippen LogP contribution in [-0.2, 0) is 9.59 Å². The first-order chi connectivity index (χ1) is 10.3. The van der Waals surface area contributed by atoms with E-state index in [1.54, 1.807) is 17.9 Å². The Bertz CT molecular complexity index is 509. The van der Waals surface area contributed by atoms with Crippen molar-refractivity contribution in [2.75, 3.05) is 26.2 Å². The van der Waals surface area contributed by atoms with Gasteiger partial charge in [-0.3, -0.25) is 9.59 Å². The predicted molar refractivity (Wildman–Crippen MR) is 88.3 cm³/mol. The number of allylic oxidation sites excluding steroid dienone is 3. The lowest BCUT2D eigenvalue weighted by atomic mass is 9.72. The van der Waals surface area contributed by atoms with Crippen molar-refractivity contribution in [2.24, 2.45) is 5.41 Å². The summed E-state index contributed by atoms with van der Waals surface area (Å²) in [6.07, 6.45) is 7.28. The maximum atomic E-state index is 12.3. The summed E-state index contributed by atoms with van der Waals surface area (Å²) in [6, 6.07) is 0. The standard InChI is InChI=1S/C18H28N2O2/c1-14-6-5-9-18(3,4)16(14)7-8-17(22)20-12-10-19(11-13-20)15(2)21/h7-8H,5-6,9-13H2,1-4H3. The predicted octanol–water partition coefficient (Wildman–Crippen LogP) is 2.76. The zero-order chi connectivity index (χ0) is 16.3. The minimum atomic E-state index is 0.0601. The maximum Gasteiger partial charge on any atom is 0.246 e. The monoisotopic (exact) mass is 304 g/mol. The summed E-state index contributed by atoms with van der Waals surface area (Å²) in [5.41, 5.74) is 2.88. The molecule has 1 heterocycles. The average molecular weight is 304 g/mol. The van der Waals surface area contributed by atoms with Crippen LogP contribution in [0.5, 0.6) is 0 Å². The molecule has 0 saturated carbocycles. The zero-order valence-electron chi connectivity index (χ0n) is 14.3. The van der Waals surface area contributed by atoms with Crippen molar-refractivity contribution < 1.29 is 9.59 Å². The van der Waals surface area contributed by atoms with E-state index in [0.717, 1.165) is 6.42 Å². The van der Waals surface area contributed by atoms with Crippen molar-refractivity contribution in [1.29, 1.82) is 0 Å². The Balaban J connectivity index is 1.99. The molecule has 2 aliphatic rings. The number of hydrogen-bond acceptors (Lipinski definition) is 2. The highest BCUT2D eigenvalue weighted by atomic mass is 16.2. The molecule has 0 unspecified atom stereocenters. The minimum Gasteiger partial charge on any atom is -0.339 e. The van der Waals surface area contributed by atoms with Crippen LogP contribution < -0.4 is 0 Å². The van der Waals surface area contributed by atoms with Gasteiger partial charge in [-0.1, -0.05) is 25.5 Å². The van der Waals surface area contributed by atoms with Crippen molar-refractivity contribution in [3.8, 4) is 0 Å². The number of amides is 2. The molecule has 4 nitrogen and oxygen atoms in total. The maximum absolute atomic E-state index is 12.3. The normalized spacial score (nSPS) is 22.4. The summed E-state index contributed by atoms with van der Waals surface area (Å²) in [4.78, 5) is 27.3. The van der Waals surface area contributed by atoms with Crippen LogP contribution in [0.15, 0.2) is 23.3 Å². The summed E-state index contributed by atoms with van der Waals surface area (Å²) >= 11 is 0. The topological polar surface area (TPSA) is 40.6 Å². The Morgan fingerprint density at radius 3 is 2.23 bits per heavy atom. The average Bonchev–Trinajstić information content (AvgIpc) is 2.46. The smallest absolute Gasteiger partial charge is 0.246 e. The molecule has 0 N–H and O–H groups in total. The van der Waals surface area contributed by atoms with Crippen molar-refractivity contribution in [2.45, 2.75) is 47.0 Å². The number of carbonyl (C=O) groups is 2.